The average Bonchev–Trinajstić information content (AvgIpc) is 2.14. The fraction of sp³-hybridized carbons (Fsp3) is 0.750. The van der Waals surface area contributed by atoms with Gasteiger partial charge in [-0.1, -0.05) is 26.8 Å². The van der Waals surface area contributed by atoms with E-state index in [1.807, 2.05) is 27.7 Å². The smallest absolute Gasteiger partial charge is 0.147 e. The monoisotopic (exact) mass is 198 g/mol. The Morgan fingerprint density at radius 2 is 1.79 bits per heavy atom. The molecule has 0 rings (SSSR count). The van der Waals surface area contributed by atoms with Crippen LogP contribution in [0.4, 0.5) is 0 Å². The van der Waals surface area contributed by atoms with Crippen molar-refractivity contribution < 1.29 is 9.90 Å². The Bertz CT molecular complexity index is 216. The molecule has 1 N–H and O–H groups in total. The van der Waals surface area contributed by atoms with Gasteiger partial charge in [-0.3, -0.25) is 4.79 Å². The molecule has 0 bridgehead atoms. The van der Waals surface area contributed by atoms with E-state index in [4.69, 9.17) is 0 Å². The summed E-state index contributed by atoms with van der Waals surface area (Å²) in [6, 6.07) is 0. The quantitative estimate of drug-likeness (QED) is 0.689. The molecule has 0 aliphatic rings. The molecule has 0 spiro atoms. The van der Waals surface area contributed by atoms with E-state index in [2.05, 4.69) is 6.58 Å². The number of Topliss-reactive ketones (excluding diaryl/α,β-unsaturated/α-hetero) is 1. The molecule has 0 aromatic rings. The fourth-order valence-electron chi connectivity index (χ4n) is 1.42. The third-order valence-electron chi connectivity index (χ3n) is 2.75. The van der Waals surface area contributed by atoms with E-state index in [1.54, 1.807) is 13.0 Å². The lowest BCUT2D eigenvalue weighted by Crippen LogP contribution is -2.37. The zero-order chi connectivity index (χ0) is 11.5. The molecule has 14 heavy (non-hydrogen) atoms. The Balaban J connectivity index is 4.63. The summed E-state index contributed by atoms with van der Waals surface area (Å²) in [7, 11) is 0. The van der Waals surface area contributed by atoms with Crippen LogP contribution in [0.1, 0.15) is 34.6 Å². The van der Waals surface area contributed by atoms with E-state index in [9.17, 15) is 9.90 Å². The molecule has 0 amide bonds. The van der Waals surface area contributed by atoms with Gasteiger partial charge >= 0.3 is 0 Å². The maximum atomic E-state index is 11.9. The highest BCUT2D eigenvalue weighted by molar-refractivity contribution is 5.88. The van der Waals surface area contributed by atoms with Crippen molar-refractivity contribution in [2.45, 2.75) is 40.7 Å². The van der Waals surface area contributed by atoms with Crippen LogP contribution in [0.3, 0.4) is 0 Å². The van der Waals surface area contributed by atoms with Crippen LogP contribution >= 0.6 is 0 Å². The molecule has 0 saturated heterocycles. The second-order valence-corrected chi connectivity index (χ2v) is 4.81. The molecule has 0 fully saturated rings. The largest absolute Gasteiger partial charge is 0.392 e. The number of allylic oxidation sites excluding steroid dienone is 1. The second-order valence-electron chi connectivity index (χ2n) is 4.81. The second kappa shape index (κ2) is 4.74. The van der Waals surface area contributed by atoms with Crippen LogP contribution in [0.2, 0.25) is 0 Å². The zero-order valence-corrected chi connectivity index (χ0v) is 9.87. The topological polar surface area (TPSA) is 37.3 Å². The van der Waals surface area contributed by atoms with Crippen molar-refractivity contribution in [2.24, 2.45) is 17.3 Å². The number of aliphatic hydroxyl groups excluding tert-OH is 1. The molecule has 2 heteroatoms. The minimum absolute atomic E-state index is 0.0497. The molecular formula is C12H22O2. The van der Waals surface area contributed by atoms with Crippen molar-refractivity contribution in [3.8, 4) is 0 Å². The third kappa shape index (κ3) is 2.95. The van der Waals surface area contributed by atoms with Crippen molar-refractivity contribution in [1.82, 2.24) is 0 Å². The zero-order valence-electron chi connectivity index (χ0n) is 9.87. The molecule has 0 aliphatic carbocycles. The number of hydrogen-bond donors (Lipinski definition) is 1. The Labute approximate surface area is 87.0 Å². The standard InChI is InChI=1S/C12H22O2/c1-7-12(5,6)11(14)9(4)10(13)8(2)3/h7-10,13H,1H2,2-6H3/t9-,10-/m0/s1. The number of aliphatic hydroxyl groups is 1. The first-order valence-corrected chi connectivity index (χ1v) is 5.10. The fourth-order valence-corrected chi connectivity index (χ4v) is 1.42. The molecule has 2 atom stereocenters. The molecule has 82 valence electrons. The Kier molecular flexibility index (Phi) is 4.53. The van der Waals surface area contributed by atoms with Gasteiger partial charge in [0.25, 0.3) is 0 Å². The van der Waals surface area contributed by atoms with Crippen molar-refractivity contribution in [1.29, 1.82) is 0 Å². The minimum Gasteiger partial charge on any atom is -0.392 e. The van der Waals surface area contributed by atoms with Crippen LogP contribution in [0.15, 0.2) is 12.7 Å². The number of rotatable bonds is 5. The van der Waals surface area contributed by atoms with Crippen LogP contribution in [0.25, 0.3) is 0 Å². The maximum Gasteiger partial charge on any atom is 0.147 e. The highest BCUT2D eigenvalue weighted by Crippen LogP contribution is 2.26. The lowest BCUT2D eigenvalue weighted by Gasteiger charge is -2.27. The Hall–Kier alpha value is -0.630. The molecule has 0 aliphatic heterocycles. The first-order valence-electron chi connectivity index (χ1n) is 5.10. The first kappa shape index (κ1) is 13.4. The number of carbonyl (C=O) groups is 1. The molecular weight excluding hydrogens is 176 g/mol. The Morgan fingerprint density at radius 3 is 2.07 bits per heavy atom. The Morgan fingerprint density at radius 1 is 1.36 bits per heavy atom. The normalized spacial score (nSPS) is 16.5. The summed E-state index contributed by atoms with van der Waals surface area (Å²) in [5.74, 6) is -0.175. The summed E-state index contributed by atoms with van der Waals surface area (Å²) < 4.78 is 0. The van der Waals surface area contributed by atoms with Gasteiger partial charge in [-0.25, -0.2) is 0 Å². The van der Waals surface area contributed by atoms with Gasteiger partial charge in [0.2, 0.25) is 0 Å². The van der Waals surface area contributed by atoms with Gasteiger partial charge in [0.05, 0.1) is 6.10 Å². The first-order chi connectivity index (χ1) is 6.24. The van der Waals surface area contributed by atoms with E-state index in [1.165, 1.54) is 0 Å². The van der Waals surface area contributed by atoms with Gasteiger partial charge in [-0.05, 0) is 19.8 Å². The third-order valence-corrected chi connectivity index (χ3v) is 2.75. The maximum absolute atomic E-state index is 11.9. The van der Waals surface area contributed by atoms with Crippen LogP contribution in [0.5, 0.6) is 0 Å². The van der Waals surface area contributed by atoms with Crippen molar-refractivity contribution in [3.63, 3.8) is 0 Å². The van der Waals surface area contributed by atoms with Gasteiger partial charge in [-0.15, -0.1) is 6.58 Å². The van der Waals surface area contributed by atoms with Crippen LogP contribution in [0, 0.1) is 17.3 Å². The number of carbonyl (C=O) groups excluding carboxylic acids is 1. The lowest BCUT2D eigenvalue weighted by molar-refractivity contribution is -0.132. The SMILES string of the molecule is C=CC(C)(C)C(=O)[C@@H](C)[C@@H](O)C(C)C. The van der Waals surface area contributed by atoms with E-state index < -0.39 is 11.5 Å². The lowest BCUT2D eigenvalue weighted by atomic mass is 9.78. The van der Waals surface area contributed by atoms with E-state index in [0.717, 1.165) is 0 Å². The molecule has 0 aromatic heterocycles. The molecule has 0 radical (unpaired) electrons. The highest BCUT2D eigenvalue weighted by Gasteiger charge is 2.33. The summed E-state index contributed by atoms with van der Waals surface area (Å²) in [5, 5.41) is 9.77. The molecule has 0 aromatic carbocycles. The van der Waals surface area contributed by atoms with Gasteiger partial charge < -0.3 is 5.11 Å². The summed E-state index contributed by atoms with van der Waals surface area (Å²) in [5.41, 5.74) is -0.546. The molecule has 2 nitrogen and oxygen atoms in total. The van der Waals surface area contributed by atoms with Gasteiger partial charge in [-0.2, -0.15) is 0 Å². The predicted molar refractivity (Wildman–Crippen MR) is 59.0 cm³/mol. The molecule has 0 heterocycles. The summed E-state index contributed by atoms with van der Waals surface area (Å²) in [6.45, 7) is 12.9. The van der Waals surface area contributed by atoms with Gasteiger partial charge in [0.15, 0.2) is 0 Å². The summed E-state index contributed by atoms with van der Waals surface area (Å²) in [6.07, 6.45) is 1.07. The summed E-state index contributed by atoms with van der Waals surface area (Å²) in [4.78, 5) is 11.9. The van der Waals surface area contributed by atoms with Crippen molar-refractivity contribution >= 4 is 5.78 Å². The van der Waals surface area contributed by atoms with Crippen LogP contribution in [-0.2, 0) is 4.79 Å². The number of ketones is 1. The van der Waals surface area contributed by atoms with E-state index in [-0.39, 0.29) is 17.6 Å². The van der Waals surface area contributed by atoms with Crippen molar-refractivity contribution in [3.05, 3.63) is 12.7 Å². The average molecular weight is 198 g/mol. The van der Waals surface area contributed by atoms with Crippen LogP contribution in [-0.4, -0.2) is 17.0 Å². The minimum atomic E-state index is -0.568. The summed E-state index contributed by atoms with van der Waals surface area (Å²) >= 11 is 0. The van der Waals surface area contributed by atoms with E-state index >= 15 is 0 Å². The van der Waals surface area contributed by atoms with Gasteiger partial charge in [0.1, 0.15) is 5.78 Å². The van der Waals surface area contributed by atoms with E-state index in [0.29, 0.717) is 0 Å². The predicted octanol–water partition coefficient (Wildman–Crippen LogP) is 2.42. The number of hydrogen-bond acceptors (Lipinski definition) is 2. The highest BCUT2D eigenvalue weighted by atomic mass is 16.3. The molecule has 0 unspecified atom stereocenters. The van der Waals surface area contributed by atoms with Crippen LogP contribution < -0.4 is 0 Å². The molecule has 0 saturated carbocycles. The van der Waals surface area contributed by atoms with Gasteiger partial charge in [0, 0.05) is 11.3 Å². The van der Waals surface area contributed by atoms with Crippen molar-refractivity contribution in [2.75, 3.05) is 0 Å².